The molecule has 1 heterocycles. The highest BCUT2D eigenvalue weighted by molar-refractivity contribution is 5.89. The first-order valence-corrected chi connectivity index (χ1v) is 6.81. The molecular formula is C16H22N2O2. The van der Waals surface area contributed by atoms with Crippen molar-refractivity contribution in [2.75, 3.05) is 0 Å². The molecule has 0 amide bonds. The van der Waals surface area contributed by atoms with Gasteiger partial charge in [0.25, 0.3) is 0 Å². The molecule has 4 heteroatoms. The normalized spacial score (nSPS) is 19.9. The lowest BCUT2D eigenvalue weighted by Gasteiger charge is -2.40. The Morgan fingerprint density at radius 2 is 1.85 bits per heavy atom. The van der Waals surface area contributed by atoms with E-state index in [1.54, 1.807) is 12.1 Å². The summed E-state index contributed by atoms with van der Waals surface area (Å²) in [4.78, 5) is 17.1. The Morgan fingerprint density at radius 3 is 2.45 bits per heavy atom. The lowest BCUT2D eigenvalue weighted by Crippen LogP contribution is -2.55. The average Bonchev–Trinajstić information content (AvgIpc) is 2.33. The molecule has 0 fully saturated rings. The van der Waals surface area contributed by atoms with Gasteiger partial charge in [0.1, 0.15) is 0 Å². The number of carbonyl (C=O) groups is 1. The molecule has 4 nitrogen and oxygen atoms in total. The maximum Gasteiger partial charge on any atom is 0.362 e. The smallest absolute Gasteiger partial charge is 0.338 e. The molecule has 0 bridgehead atoms. The highest BCUT2D eigenvalue weighted by Gasteiger charge is 2.32. The standard InChI is InChI=1S/C16H22N2O2/c1-15(2)10-13(11-16(3,4)18-15)17-20-14(19)12-8-6-5-7-9-12/h5-10,17-18H,11H2,1-4H3. The van der Waals surface area contributed by atoms with Gasteiger partial charge < -0.3 is 10.2 Å². The van der Waals surface area contributed by atoms with Crippen molar-refractivity contribution in [3.63, 3.8) is 0 Å². The van der Waals surface area contributed by atoms with Crippen molar-refractivity contribution in [2.45, 2.75) is 45.2 Å². The Morgan fingerprint density at radius 1 is 1.20 bits per heavy atom. The van der Waals surface area contributed by atoms with Gasteiger partial charge in [0.2, 0.25) is 0 Å². The number of hydrogen-bond donors (Lipinski definition) is 2. The highest BCUT2D eigenvalue weighted by atomic mass is 16.7. The van der Waals surface area contributed by atoms with E-state index in [-0.39, 0.29) is 17.0 Å². The van der Waals surface area contributed by atoms with Gasteiger partial charge in [0.15, 0.2) is 0 Å². The zero-order chi connectivity index (χ0) is 14.8. The second kappa shape index (κ2) is 5.29. The number of nitrogens with one attached hydrogen (secondary N) is 2. The van der Waals surface area contributed by atoms with Crippen molar-refractivity contribution in [2.24, 2.45) is 0 Å². The Hall–Kier alpha value is -1.81. The van der Waals surface area contributed by atoms with Crippen molar-refractivity contribution in [1.29, 1.82) is 0 Å². The second-order valence-corrected chi connectivity index (χ2v) is 6.43. The Balaban J connectivity index is 2.00. The lowest BCUT2D eigenvalue weighted by molar-refractivity contribution is 0.0298. The lowest BCUT2D eigenvalue weighted by atomic mass is 9.87. The molecule has 0 saturated carbocycles. The number of benzene rings is 1. The van der Waals surface area contributed by atoms with E-state index in [9.17, 15) is 4.79 Å². The van der Waals surface area contributed by atoms with Crippen LogP contribution in [0.5, 0.6) is 0 Å². The fraction of sp³-hybridized carbons (Fsp3) is 0.438. The largest absolute Gasteiger partial charge is 0.362 e. The molecule has 20 heavy (non-hydrogen) atoms. The van der Waals surface area contributed by atoms with Crippen LogP contribution < -0.4 is 10.8 Å². The van der Waals surface area contributed by atoms with E-state index in [1.807, 2.05) is 18.2 Å². The SMILES string of the molecule is CC1(C)C=C(NOC(=O)c2ccccc2)CC(C)(C)N1. The van der Waals surface area contributed by atoms with Crippen LogP contribution in [-0.2, 0) is 4.84 Å². The second-order valence-electron chi connectivity index (χ2n) is 6.43. The van der Waals surface area contributed by atoms with E-state index >= 15 is 0 Å². The van der Waals surface area contributed by atoms with Crippen LogP contribution in [0.1, 0.15) is 44.5 Å². The number of hydrogen-bond acceptors (Lipinski definition) is 4. The molecule has 0 aromatic heterocycles. The van der Waals surface area contributed by atoms with Gasteiger partial charge in [0, 0.05) is 23.2 Å². The quantitative estimate of drug-likeness (QED) is 0.832. The van der Waals surface area contributed by atoms with Gasteiger partial charge in [-0.15, -0.1) is 0 Å². The van der Waals surface area contributed by atoms with Crippen molar-refractivity contribution in [3.8, 4) is 0 Å². The van der Waals surface area contributed by atoms with Crippen LogP contribution in [0, 0.1) is 0 Å². The summed E-state index contributed by atoms with van der Waals surface area (Å²) in [5, 5.41) is 3.52. The van der Waals surface area contributed by atoms with Crippen molar-refractivity contribution in [1.82, 2.24) is 10.8 Å². The van der Waals surface area contributed by atoms with Gasteiger partial charge in [-0.3, -0.25) is 0 Å². The molecule has 0 spiro atoms. The molecule has 108 valence electrons. The summed E-state index contributed by atoms with van der Waals surface area (Å²) in [6.45, 7) is 8.44. The van der Waals surface area contributed by atoms with Gasteiger partial charge in [-0.1, -0.05) is 18.2 Å². The molecule has 0 atom stereocenters. The highest BCUT2D eigenvalue weighted by Crippen LogP contribution is 2.26. The van der Waals surface area contributed by atoms with Crippen molar-refractivity contribution < 1.29 is 9.63 Å². The van der Waals surface area contributed by atoms with Crippen LogP contribution in [0.4, 0.5) is 0 Å². The first kappa shape index (κ1) is 14.6. The van der Waals surface area contributed by atoms with E-state index in [2.05, 4.69) is 44.6 Å². The summed E-state index contributed by atoms with van der Waals surface area (Å²) in [7, 11) is 0. The summed E-state index contributed by atoms with van der Waals surface area (Å²) in [5.74, 6) is -0.374. The molecule has 1 aromatic rings. The summed E-state index contributed by atoms with van der Waals surface area (Å²) < 4.78 is 0. The Bertz CT molecular complexity index is 519. The van der Waals surface area contributed by atoms with Gasteiger partial charge in [-0.25, -0.2) is 10.3 Å². The van der Waals surface area contributed by atoms with Gasteiger partial charge >= 0.3 is 5.97 Å². The molecule has 1 aliphatic rings. The number of rotatable bonds is 3. The molecule has 0 unspecified atom stereocenters. The molecule has 2 rings (SSSR count). The van der Waals surface area contributed by atoms with E-state index in [4.69, 9.17) is 4.84 Å². The number of carbonyl (C=O) groups excluding carboxylic acids is 1. The summed E-state index contributed by atoms with van der Waals surface area (Å²) in [6, 6.07) is 8.95. The van der Waals surface area contributed by atoms with E-state index in [1.165, 1.54) is 0 Å². The minimum absolute atomic E-state index is 0.0419. The maximum absolute atomic E-state index is 11.9. The fourth-order valence-corrected chi connectivity index (χ4v) is 2.73. The van der Waals surface area contributed by atoms with Crippen LogP contribution in [0.25, 0.3) is 0 Å². The molecule has 1 aromatic carbocycles. The first-order chi connectivity index (χ1) is 9.27. The third-order valence-corrected chi connectivity index (χ3v) is 3.11. The number of hydroxylamine groups is 1. The zero-order valence-corrected chi connectivity index (χ0v) is 12.5. The molecule has 0 aliphatic carbocycles. The van der Waals surface area contributed by atoms with Gasteiger partial charge in [-0.2, -0.15) is 0 Å². The minimum Gasteiger partial charge on any atom is -0.338 e. The minimum atomic E-state index is -0.374. The van der Waals surface area contributed by atoms with E-state index < -0.39 is 0 Å². The average molecular weight is 274 g/mol. The third-order valence-electron chi connectivity index (χ3n) is 3.11. The molecule has 0 saturated heterocycles. The topological polar surface area (TPSA) is 50.4 Å². The maximum atomic E-state index is 11.9. The van der Waals surface area contributed by atoms with Crippen LogP contribution in [0.2, 0.25) is 0 Å². The zero-order valence-electron chi connectivity index (χ0n) is 12.5. The van der Waals surface area contributed by atoms with Gasteiger partial charge in [0.05, 0.1) is 5.56 Å². The first-order valence-electron chi connectivity index (χ1n) is 6.81. The third kappa shape index (κ3) is 3.84. The van der Waals surface area contributed by atoms with Crippen LogP contribution in [-0.4, -0.2) is 17.0 Å². The van der Waals surface area contributed by atoms with Crippen molar-refractivity contribution in [3.05, 3.63) is 47.7 Å². The predicted octanol–water partition coefficient (Wildman–Crippen LogP) is 2.78. The summed E-state index contributed by atoms with van der Waals surface area (Å²) in [5.41, 5.74) is 4.08. The molecule has 1 aliphatic heterocycles. The predicted molar refractivity (Wildman–Crippen MR) is 79.0 cm³/mol. The van der Waals surface area contributed by atoms with Crippen LogP contribution in [0.15, 0.2) is 42.1 Å². The monoisotopic (exact) mass is 274 g/mol. The van der Waals surface area contributed by atoms with Gasteiger partial charge in [-0.05, 0) is 45.9 Å². The molecular weight excluding hydrogens is 252 g/mol. The van der Waals surface area contributed by atoms with Crippen LogP contribution >= 0.6 is 0 Å². The van der Waals surface area contributed by atoms with Crippen molar-refractivity contribution >= 4 is 5.97 Å². The Labute approximate surface area is 120 Å². The van der Waals surface area contributed by atoms with E-state index in [0.29, 0.717) is 5.56 Å². The molecule has 2 N–H and O–H groups in total. The van der Waals surface area contributed by atoms with E-state index in [0.717, 1.165) is 12.1 Å². The summed E-state index contributed by atoms with van der Waals surface area (Å²) in [6.07, 6.45) is 2.83. The molecule has 0 radical (unpaired) electrons. The fourth-order valence-electron chi connectivity index (χ4n) is 2.73. The van der Waals surface area contributed by atoms with Crippen LogP contribution in [0.3, 0.4) is 0 Å². The Kier molecular flexibility index (Phi) is 3.86. The summed E-state index contributed by atoms with van der Waals surface area (Å²) >= 11 is 0.